The van der Waals surface area contributed by atoms with Crippen LogP contribution in [0.1, 0.15) is 6.42 Å². The highest BCUT2D eigenvalue weighted by Crippen LogP contribution is 2.36. The molecule has 1 unspecified atom stereocenters. The highest BCUT2D eigenvalue weighted by molar-refractivity contribution is 4.86. The molecule has 1 nitrogen and oxygen atoms in total. The Morgan fingerprint density at radius 1 is 1.42 bits per heavy atom. The predicted molar refractivity (Wildman–Crippen MR) is 36.6 cm³/mol. The minimum Gasteiger partial charge on any atom is -0.305 e. The quantitative estimate of drug-likeness (QED) is 0.563. The van der Waals surface area contributed by atoms with Crippen LogP contribution in [0, 0.1) is 5.92 Å². The van der Waals surface area contributed by atoms with Crippen molar-refractivity contribution >= 4 is 0 Å². The molecule has 0 aromatic carbocycles. The highest BCUT2D eigenvalue weighted by Gasteiger charge is 2.48. The molecular weight excluding hydrogens is 174 g/mol. The van der Waals surface area contributed by atoms with Crippen LogP contribution in [0.25, 0.3) is 0 Å². The molecule has 0 radical (unpaired) electrons. The summed E-state index contributed by atoms with van der Waals surface area (Å²) in [6.45, 7) is -0.0269. The Kier molecular flexibility index (Phi) is 2.61. The smallest absolute Gasteiger partial charge is 0.258 e. The molecule has 72 valence electrons. The maximum Gasteiger partial charge on any atom is 0.258 e. The molecule has 0 spiro atoms. The predicted octanol–water partition coefficient (Wildman–Crippen LogP) is 1.84. The Labute approximate surface area is 68.3 Å². The molecule has 1 fully saturated rings. The topological polar surface area (TPSA) is 3.24 Å². The van der Waals surface area contributed by atoms with Gasteiger partial charge in [-0.1, -0.05) is 0 Å². The number of nitrogens with zero attached hydrogens (tertiary/aromatic N) is 1. The summed E-state index contributed by atoms with van der Waals surface area (Å²) >= 11 is 0. The number of halogens is 4. The van der Waals surface area contributed by atoms with Crippen molar-refractivity contribution in [1.82, 2.24) is 4.90 Å². The minimum absolute atomic E-state index is 0.191. The van der Waals surface area contributed by atoms with Crippen molar-refractivity contribution in [2.24, 2.45) is 5.92 Å². The monoisotopic (exact) mass is 185 g/mol. The summed E-state index contributed by atoms with van der Waals surface area (Å²) in [6, 6.07) is 0. The van der Waals surface area contributed by atoms with E-state index in [1.54, 1.807) is 7.05 Å². The van der Waals surface area contributed by atoms with E-state index in [-0.39, 0.29) is 13.1 Å². The molecule has 0 amide bonds. The average molecular weight is 185 g/mol. The van der Waals surface area contributed by atoms with Crippen molar-refractivity contribution in [3.63, 3.8) is 0 Å². The van der Waals surface area contributed by atoms with E-state index in [9.17, 15) is 17.6 Å². The van der Waals surface area contributed by atoms with E-state index in [1.165, 1.54) is 4.90 Å². The van der Waals surface area contributed by atoms with Gasteiger partial charge in [0.2, 0.25) is 6.43 Å². The normalized spacial score (nSPS) is 31.0. The van der Waals surface area contributed by atoms with E-state index >= 15 is 0 Å². The second-order valence-corrected chi connectivity index (χ2v) is 3.21. The largest absolute Gasteiger partial charge is 0.305 e. The van der Waals surface area contributed by atoms with Crippen LogP contribution in [0.3, 0.4) is 0 Å². The first-order chi connectivity index (χ1) is 5.43. The summed E-state index contributed by atoms with van der Waals surface area (Å²) in [5.74, 6) is -4.99. The van der Waals surface area contributed by atoms with Crippen molar-refractivity contribution in [2.45, 2.75) is 18.8 Å². The summed E-state index contributed by atoms with van der Waals surface area (Å²) in [5, 5.41) is 0. The van der Waals surface area contributed by atoms with Gasteiger partial charge in [0, 0.05) is 19.5 Å². The first kappa shape index (κ1) is 9.77. The number of hydrogen-bond donors (Lipinski definition) is 0. The Bertz CT molecular complexity index is 159. The number of piperidine rings is 1. The van der Waals surface area contributed by atoms with Gasteiger partial charge in [-0.2, -0.15) is 0 Å². The Hall–Kier alpha value is -0.320. The van der Waals surface area contributed by atoms with Crippen molar-refractivity contribution < 1.29 is 17.6 Å². The van der Waals surface area contributed by atoms with E-state index in [0.29, 0.717) is 0 Å². The van der Waals surface area contributed by atoms with Gasteiger partial charge < -0.3 is 4.90 Å². The molecule has 1 heterocycles. The summed E-state index contributed by atoms with van der Waals surface area (Å²) in [7, 11) is 1.57. The molecule has 1 aliphatic rings. The van der Waals surface area contributed by atoms with E-state index in [0.717, 1.165) is 0 Å². The van der Waals surface area contributed by atoms with Crippen LogP contribution >= 0.6 is 0 Å². The van der Waals surface area contributed by atoms with Crippen LogP contribution in [0.15, 0.2) is 0 Å². The fourth-order valence-corrected chi connectivity index (χ4v) is 1.35. The molecule has 0 N–H and O–H groups in total. The van der Waals surface area contributed by atoms with Gasteiger partial charge in [0.1, 0.15) is 0 Å². The van der Waals surface area contributed by atoms with Crippen LogP contribution in [-0.4, -0.2) is 37.4 Å². The van der Waals surface area contributed by atoms with Gasteiger partial charge in [0.05, 0.1) is 5.92 Å². The summed E-state index contributed by atoms with van der Waals surface area (Å²) in [4.78, 5) is 1.51. The van der Waals surface area contributed by atoms with Gasteiger partial charge >= 0.3 is 0 Å². The molecule has 0 aliphatic carbocycles. The van der Waals surface area contributed by atoms with E-state index in [4.69, 9.17) is 0 Å². The second-order valence-electron chi connectivity index (χ2n) is 3.21. The van der Waals surface area contributed by atoms with Crippen molar-refractivity contribution in [3.8, 4) is 0 Å². The zero-order valence-electron chi connectivity index (χ0n) is 6.74. The molecule has 1 saturated heterocycles. The summed E-state index contributed by atoms with van der Waals surface area (Å²) < 4.78 is 49.7. The summed E-state index contributed by atoms with van der Waals surface area (Å²) in [5.41, 5.74) is 0. The number of hydrogen-bond acceptors (Lipinski definition) is 1. The molecular formula is C7H11F4N. The Morgan fingerprint density at radius 3 is 2.42 bits per heavy atom. The highest BCUT2D eigenvalue weighted by atomic mass is 19.3. The molecule has 12 heavy (non-hydrogen) atoms. The SMILES string of the molecule is CN1CCC(F)(F)C(C(F)F)C1. The van der Waals surface area contributed by atoms with Crippen LogP contribution < -0.4 is 0 Å². The lowest BCUT2D eigenvalue weighted by molar-refractivity contribution is -0.149. The molecule has 0 aromatic rings. The number of rotatable bonds is 1. The minimum atomic E-state index is -3.19. The molecule has 1 atom stereocenters. The third-order valence-corrected chi connectivity index (χ3v) is 2.18. The Balaban J connectivity index is 2.65. The van der Waals surface area contributed by atoms with Crippen molar-refractivity contribution in [1.29, 1.82) is 0 Å². The van der Waals surface area contributed by atoms with Gasteiger partial charge in [-0.15, -0.1) is 0 Å². The molecule has 5 heteroatoms. The van der Waals surface area contributed by atoms with Gasteiger partial charge in [0.25, 0.3) is 5.92 Å². The van der Waals surface area contributed by atoms with Crippen LogP contribution in [-0.2, 0) is 0 Å². The van der Waals surface area contributed by atoms with Gasteiger partial charge in [-0.25, -0.2) is 17.6 Å². The number of alkyl halides is 4. The van der Waals surface area contributed by atoms with E-state index in [1.807, 2.05) is 0 Å². The first-order valence-corrected chi connectivity index (χ1v) is 3.78. The van der Waals surface area contributed by atoms with Gasteiger partial charge in [-0.05, 0) is 7.05 Å². The lowest BCUT2D eigenvalue weighted by atomic mass is 9.94. The maximum atomic E-state index is 12.8. The summed E-state index contributed by atoms with van der Waals surface area (Å²) in [6.07, 6.45) is -3.39. The first-order valence-electron chi connectivity index (χ1n) is 3.78. The zero-order valence-corrected chi connectivity index (χ0v) is 6.74. The van der Waals surface area contributed by atoms with Crippen LogP contribution in [0.5, 0.6) is 0 Å². The van der Waals surface area contributed by atoms with Gasteiger partial charge in [0.15, 0.2) is 0 Å². The standard InChI is InChI=1S/C7H11F4N/c1-12-3-2-7(10,11)5(4-12)6(8)9/h5-6H,2-4H2,1H3. The van der Waals surface area contributed by atoms with E-state index < -0.39 is 24.7 Å². The van der Waals surface area contributed by atoms with Gasteiger partial charge in [-0.3, -0.25) is 0 Å². The lowest BCUT2D eigenvalue weighted by Crippen LogP contribution is -2.48. The molecule has 0 bridgehead atoms. The van der Waals surface area contributed by atoms with Crippen molar-refractivity contribution in [2.75, 3.05) is 20.1 Å². The van der Waals surface area contributed by atoms with Crippen molar-refractivity contribution in [3.05, 3.63) is 0 Å². The molecule has 1 aliphatic heterocycles. The lowest BCUT2D eigenvalue weighted by Gasteiger charge is -2.35. The molecule has 0 aromatic heterocycles. The van der Waals surface area contributed by atoms with E-state index in [2.05, 4.69) is 0 Å². The van der Waals surface area contributed by atoms with Crippen LogP contribution in [0.2, 0.25) is 0 Å². The zero-order chi connectivity index (χ0) is 9.35. The third kappa shape index (κ3) is 1.88. The molecule has 1 rings (SSSR count). The fourth-order valence-electron chi connectivity index (χ4n) is 1.35. The molecule has 0 saturated carbocycles. The average Bonchev–Trinajstić information content (AvgIpc) is 1.94. The maximum absolute atomic E-state index is 12.8. The number of likely N-dealkylation sites (tertiary alicyclic amines) is 1. The van der Waals surface area contributed by atoms with Crippen LogP contribution in [0.4, 0.5) is 17.6 Å². The Morgan fingerprint density at radius 2 is 2.00 bits per heavy atom. The third-order valence-electron chi connectivity index (χ3n) is 2.18. The fraction of sp³-hybridized carbons (Fsp3) is 1.00. The second kappa shape index (κ2) is 3.20.